The second kappa shape index (κ2) is 9.58. The zero-order valence-electron chi connectivity index (χ0n) is 8.16. The Kier molecular flexibility index (Phi) is 9.97. The van der Waals surface area contributed by atoms with E-state index in [-0.39, 0.29) is 0 Å². The van der Waals surface area contributed by atoms with Gasteiger partial charge in [-0.15, -0.1) is 0 Å². The number of unbranched alkanes of at least 4 members (excludes halogenated alkanes) is 2. The van der Waals surface area contributed by atoms with E-state index in [9.17, 15) is 0 Å². The van der Waals surface area contributed by atoms with Gasteiger partial charge < -0.3 is 0 Å². The predicted octanol–water partition coefficient (Wildman–Crippen LogP) is 3.72. The number of nitrogens with zero attached hydrogens (tertiary/aromatic N) is 2. The minimum absolute atomic E-state index is 1.11. The lowest BCUT2D eigenvalue weighted by atomic mass is 10.3. The Hall–Kier alpha value is 0.490. The van der Waals surface area contributed by atoms with Crippen molar-refractivity contribution in [3.8, 4) is 0 Å². The van der Waals surface area contributed by atoms with E-state index < -0.39 is 0 Å². The highest BCUT2D eigenvalue weighted by Crippen LogP contribution is 2.14. The largest absolute Gasteiger partial charge is 0.242 e. The fourth-order valence-electron chi connectivity index (χ4n) is 0.956. The molecule has 0 aliphatic heterocycles. The summed E-state index contributed by atoms with van der Waals surface area (Å²) in [5.74, 6) is 0. The molecule has 0 aliphatic rings. The molecule has 0 aromatic carbocycles. The molecular weight excluding hydrogens is 186 g/mol. The zero-order chi connectivity index (χ0) is 9.23. The molecule has 0 fully saturated rings. The lowest BCUT2D eigenvalue weighted by molar-refractivity contribution is 0.440. The Morgan fingerprint density at radius 3 is 2.00 bits per heavy atom. The molecule has 0 aromatic heterocycles. The molecule has 0 aromatic rings. The van der Waals surface area contributed by atoms with Crippen LogP contribution in [0.25, 0.3) is 0 Å². The molecule has 0 aliphatic carbocycles. The lowest BCUT2D eigenvalue weighted by Crippen LogP contribution is -2.14. The van der Waals surface area contributed by atoms with Crippen LogP contribution in [-0.2, 0) is 0 Å². The first kappa shape index (κ1) is 12.5. The van der Waals surface area contributed by atoms with E-state index in [2.05, 4.69) is 32.4 Å². The maximum atomic E-state index is 4.06. The molecule has 0 rings (SSSR count). The van der Waals surface area contributed by atoms with E-state index in [0.29, 0.717) is 0 Å². The average Bonchev–Trinajstić information content (AvgIpc) is 2.10. The molecule has 1 atom stereocenters. The van der Waals surface area contributed by atoms with Crippen molar-refractivity contribution in [3.63, 3.8) is 0 Å². The first-order valence-corrected chi connectivity index (χ1v) is 6.02. The minimum Gasteiger partial charge on any atom is -0.242 e. The van der Waals surface area contributed by atoms with E-state index in [1.807, 2.05) is 0 Å². The summed E-state index contributed by atoms with van der Waals surface area (Å²) < 4.78 is 6.45. The van der Waals surface area contributed by atoms with Gasteiger partial charge >= 0.3 is 0 Å². The minimum atomic E-state index is 1.11. The van der Waals surface area contributed by atoms with Crippen LogP contribution in [0.15, 0.2) is 4.52 Å². The van der Waals surface area contributed by atoms with Crippen molar-refractivity contribution in [1.82, 2.24) is 4.67 Å². The van der Waals surface area contributed by atoms with Crippen molar-refractivity contribution >= 4 is 17.9 Å². The molecule has 4 heteroatoms. The van der Waals surface area contributed by atoms with Gasteiger partial charge in [-0.3, -0.25) is 0 Å². The summed E-state index contributed by atoms with van der Waals surface area (Å²) >= 11 is 0. The summed E-state index contributed by atoms with van der Waals surface area (Å²) in [6.45, 7) is 6.84. The SMILES string of the molecule is CCCCN(CCCC)P=NP. The lowest BCUT2D eigenvalue weighted by Gasteiger charge is -2.14. The normalized spacial score (nSPS) is 11.7. The Bertz CT molecular complexity index is 110. The van der Waals surface area contributed by atoms with E-state index >= 15 is 0 Å². The molecular formula is C8H20N2P2. The molecule has 0 saturated heterocycles. The van der Waals surface area contributed by atoms with Gasteiger partial charge in [0.25, 0.3) is 0 Å². The van der Waals surface area contributed by atoms with Crippen LogP contribution < -0.4 is 0 Å². The molecule has 0 amide bonds. The summed E-state index contributed by atoms with van der Waals surface area (Å²) in [6, 6.07) is 0. The molecule has 0 N–H and O–H groups in total. The third-order valence-electron chi connectivity index (χ3n) is 1.72. The van der Waals surface area contributed by atoms with E-state index in [4.69, 9.17) is 0 Å². The standard InChI is InChI=1S/C8H20N2P2/c1-3-5-7-10(12-9-11)8-6-4-2/h3-8,11H2,1-2H3. The molecule has 72 valence electrons. The Morgan fingerprint density at radius 2 is 1.67 bits per heavy atom. The molecule has 0 spiro atoms. The zero-order valence-corrected chi connectivity index (χ0v) is 10.2. The van der Waals surface area contributed by atoms with Crippen LogP contribution in [-0.4, -0.2) is 17.8 Å². The highest BCUT2D eigenvalue weighted by Gasteiger charge is 1.99. The maximum Gasteiger partial charge on any atom is 0.0968 e. The van der Waals surface area contributed by atoms with Crippen LogP contribution in [0.4, 0.5) is 0 Å². The monoisotopic (exact) mass is 206 g/mol. The topological polar surface area (TPSA) is 15.6 Å². The van der Waals surface area contributed by atoms with Crippen molar-refractivity contribution in [2.45, 2.75) is 39.5 Å². The summed E-state index contributed by atoms with van der Waals surface area (Å²) in [5.41, 5.74) is 0. The Balaban J connectivity index is 3.54. The molecule has 1 unspecified atom stereocenters. The Labute approximate surface area is 80.3 Å². The van der Waals surface area contributed by atoms with Crippen molar-refractivity contribution in [3.05, 3.63) is 0 Å². The maximum absolute atomic E-state index is 4.06. The van der Waals surface area contributed by atoms with Crippen LogP contribution in [0.5, 0.6) is 0 Å². The highest BCUT2D eigenvalue weighted by molar-refractivity contribution is 7.33. The fraction of sp³-hybridized carbons (Fsp3) is 1.00. The average molecular weight is 206 g/mol. The fourth-order valence-corrected chi connectivity index (χ4v) is 2.00. The second-order valence-corrected chi connectivity index (χ2v) is 4.53. The van der Waals surface area contributed by atoms with Gasteiger partial charge in [-0.05, 0) is 22.2 Å². The van der Waals surface area contributed by atoms with Crippen molar-refractivity contribution in [1.29, 1.82) is 0 Å². The number of hydrogen-bond donors (Lipinski definition) is 0. The van der Waals surface area contributed by atoms with Gasteiger partial charge in [-0.1, -0.05) is 26.7 Å². The molecule has 12 heavy (non-hydrogen) atoms. The molecule has 0 saturated carbocycles. The first-order chi connectivity index (χ1) is 5.85. The van der Waals surface area contributed by atoms with Crippen molar-refractivity contribution < 1.29 is 0 Å². The predicted molar refractivity (Wildman–Crippen MR) is 60.4 cm³/mol. The Morgan fingerprint density at radius 1 is 1.17 bits per heavy atom. The second-order valence-electron chi connectivity index (χ2n) is 2.87. The third kappa shape index (κ3) is 7.16. The third-order valence-corrected chi connectivity index (χ3v) is 2.78. The van der Waals surface area contributed by atoms with Gasteiger partial charge in [0.15, 0.2) is 0 Å². The van der Waals surface area contributed by atoms with E-state index in [1.54, 1.807) is 0 Å². The quantitative estimate of drug-likeness (QED) is 0.579. The van der Waals surface area contributed by atoms with Crippen LogP contribution in [0, 0.1) is 0 Å². The van der Waals surface area contributed by atoms with E-state index in [1.165, 1.54) is 38.8 Å². The summed E-state index contributed by atoms with van der Waals surface area (Å²) in [4.78, 5) is 0. The molecule has 0 bridgehead atoms. The molecule has 0 heterocycles. The van der Waals surface area contributed by atoms with Gasteiger partial charge in [0.2, 0.25) is 0 Å². The van der Waals surface area contributed by atoms with Gasteiger partial charge in [0, 0.05) is 13.1 Å². The molecule has 0 radical (unpaired) electrons. The van der Waals surface area contributed by atoms with Crippen molar-refractivity contribution in [2.75, 3.05) is 13.1 Å². The molecule has 2 nitrogen and oxygen atoms in total. The van der Waals surface area contributed by atoms with Crippen LogP contribution in [0.3, 0.4) is 0 Å². The van der Waals surface area contributed by atoms with Crippen LogP contribution in [0.1, 0.15) is 39.5 Å². The van der Waals surface area contributed by atoms with Gasteiger partial charge in [0.1, 0.15) is 0 Å². The summed E-state index contributed by atoms with van der Waals surface area (Å²) in [7, 11) is 3.54. The van der Waals surface area contributed by atoms with Gasteiger partial charge in [0.05, 0.1) is 8.52 Å². The number of hydrogen-bond acceptors (Lipinski definition) is 1. The van der Waals surface area contributed by atoms with Crippen molar-refractivity contribution in [2.24, 2.45) is 4.52 Å². The summed E-state index contributed by atoms with van der Waals surface area (Å²) in [6.07, 6.45) is 5.12. The van der Waals surface area contributed by atoms with Gasteiger partial charge in [-0.2, -0.15) is 0 Å². The van der Waals surface area contributed by atoms with E-state index in [0.717, 1.165) is 8.52 Å². The smallest absolute Gasteiger partial charge is 0.0968 e. The number of rotatable bonds is 7. The van der Waals surface area contributed by atoms with Crippen LogP contribution in [0.2, 0.25) is 0 Å². The first-order valence-electron chi connectivity index (χ1n) is 4.70. The van der Waals surface area contributed by atoms with Gasteiger partial charge in [-0.25, -0.2) is 9.19 Å². The van der Waals surface area contributed by atoms with Crippen LogP contribution >= 0.6 is 17.9 Å². The highest BCUT2D eigenvalue weighted by atomic mass is 31.1. The summed E-state index contributed by atoms with van der Waals surface area (Å²) in [5, 5.41) is 0.